The van der Waals surface area contributed by atoms with Gasteiger partial charge in [0.05, 0.1) is 6.04 Å². The lowest BCUT2D eigenvalue weighted by atomic mass is 9.85. The van der Waals surface area contributed by atoms with Crippen LogP contribution >= 0.6 is 0 Å². The maximum atomic E-state index is 12.6. The zero-order valence-corrected chi connectivity index (χ0v) is 14.6. The number of likely N-dealkylation sites (tertiary alicyclic amines) is 1. The Morgan fingerprint density at radius 1 is 1.30 bits per heavy atom. The average molecular weight is 315 g/mol. The summed E-state index contributed by atoms with van der Waals surface area (Å²) in [6.07, 6.45) is 0. The van der Waals surface area contributed by atoms with Crippen LogP contribution in [0.3, 0.4) is 0 Å². The van der Waals surface area contributed by atoms with Crippen LogP contribution in [0.5, 0.6) is 0 Å². The molecular formula is C19H25NO3. The van der Waals surface area contributed by atoms with Gasteiger partial charge >= 0.3 is 5.97 Å². The highest BCUT2D eigenvalue weighted by Gasteiger charge is 2.51. The van der Waals surface area contributed by atoms with E-state index in [1.54, 1.807) is 11.8 Å². The van der Waals surface area contributed by atoms with Crippen molar-refractivity contribution >= 4 is 11.9 Å². The molecule has 0 radical (unpaired) electrons. The van der Waals surface area contributed by atoms with Gasteiger partial charge in [0.1, 0.15) is 11.0 Å². The fraction of sp³-hybridized carbons (Fsp3) is 0.474. The zero-order valence-electron chi connectivity index (χ0n) is 14.6. The van der Waals surface area contributed by atoms with E-state index in [2.05, 4.69) is 6.58 Å². The van der Waals surface area contributed by atoms with Crippen LogP contribution in [0.15, 0.2) is 42.5 Å². The van der Waals surface area contributed by atoms with E-state index in [4.69, 9.17) is 4.74 Å². The van der Waals surface area contributed by atoms with Crippen LogP contribution in [0.4, 0.5) is 0 Å². The van der Waals surface area contributed by atoms with E-state index in [-0.39, 0.29) is 18.5 Å². The smallest absolute Gasteiger partial charge is 0.318 e. The average Bonchev–Trinajstić information content (AvgIpc) is 2.71. The molecule has 23 heavy (non-hydrogen) atoms. The van der Waals surface area contributed by atoms with Gasteiger partial charge in [-0.1, -0.05) is 36.9 Å². The van der Waals surface area contributed by atoms with E-state index < -0.39 is 17.0 Å². The van der Waals surface area contributed by atoms with E-state index in [9.17, 15) is 9.59 Å². The Labute approximate surface area is 138 Å². The first-order valence-electron chi connectivity index (χ1n) is 7.85. The van der Waals surface area contributed by atoms with Crippen LogP contribution in [-0.2, 0) is 14.3 Å². The number of ether oxygens (including phenoxy) is 1. The molecule has 1 aliphatic rings. The molecule has 4 nitrogen and oxygen atoms in total. The zero-order chi connectivity index (χ0) is 17.4. The second-order valence-electron chi connectivity index (χ2n) is 7.33. The van der Waals surface area contributed by atoms with Gasteiger partial charge in [0, 0.05) is 12.1 Å². The quantitative estimate of drug-likeness (QED) is 0.633. The van der Waals surface area contributed by atoms with Crippen molar-refractivity contribution in [3.63, 3.8) is 0 Å². The fourth-order valence-corrected chi connectivity index (χ4v) is 2.72. The third-order valence-electron chi connectivity index (χ3n) is 4.27. The molecule has 0 bridgehead atoms. The molecule has 0 spiro atoms. The van der Waals surface area contributed by atoms with Crippen molar-refractivity contribution in [2.75, 3.05) is 6.54 Å². The summed E-state index contributed by atoms with van der Waals surface area (Å²) in [6.45, 7) is 13.3. The van der Waals surface area contributed by atoms with Crippen molar-refractivity contribution in [3.8, 4) is 0 Å². The number of amides is 1. The molecule has 0 N–H and O–H groups in total. The van der Waals surface area contributed by atoms with Crippen LogP contribution in [0.1, 0.15) is 46.2 Å². The molecule has 4 heteroatoms. The molecule has 0 unspecified atom stereocenters. The second kappa shape index (κ2) is 5.84. The van der Waals surface area contributed by atoms with E-state index in [0.717, 1.165) is 5.56 Å². The van der Waals surface area contributed by atoms with Crippen molar-refractivity contribution < 1.29 is 14.3 Å². The second-order valence-corrected chi connectivity index (χ2v) is 7.33. The monoisotopic (exact) mass is 315 g/mol. The Kier molecular flexibility index (Phi) is 4.38. The van der Waals surface area contributed by atoms with Crippen LogP contribution in [-0.4, -0.2) is 28.9 Å². The molecule has 0 saturated carbocycles. The first kappa shape index (κ1) is 17.3. The van der Waals surface area contributed by atoms with E-state index in [0.29, 0.717) is 5.57 Å². The van der Waals surface area contributed by atoms with Gasteiger partial charge in [0.15, 0.2) is 0 Å². The Bertz CT molecular complexity index is 630. The Morgan fingerprint density at radius 2 is 1.87 bits per heavy atom. The van der Waals surface area contributed by atoms with Crippen molar-refractivity contribution in [2.45, 2.75) is 46.3 Å². The van der Waals surface area contributed by atoms with Gasteiger partial charge in [-0.15, -0.1) is 0 Å². The summed E-state index contributed by atoms with van der Waals surface area (Å²) in [5.74, 6) is -0.583. The number of carbonyl (C=O) groups excluding carboxylic acids is 2. The largest absolute Gasteiger partial charge is 0.459 e. The first-order chi connectivity index (χ1) is 10.6. The number of benzene rings is 1. The summed E-state index contributed by atoms with van der Waals surface area (Å²) in [5.41, 5.74) is -0.272. The lowest BCUT2D eigenvalue weighted by Gasteiger charge is -2.29. The maximum Gasteiger partial charge on any atom is 0.318 e. The Morgan fingerprint density at radius 3 is 2.39 bits per heavy atom. The standard InChI is InChI=1S/C19H25NO3/c1-13-16(21)20(14(2)15-10-8-7-9-11-15)12-19(13,6)17(22)23-18(3,4)5/h7-11,14H,1,12H2,2-6H3/t14-,19-/m1/s1. The molecule has 0 aromatic heterocycles. The number of nitrogens with zero attached hydrogens (tertiary/aromatic N) is 1. The number of esters is 1. The summed E-state index contributed by atoms with van der Waals surface area (Å²) in [6, 6.07) is 9.65. The Hall–Kier alpha value is -2.10. The molecule has 1 aliphatic heterocycles. The summed E-state index contributed by atoms with van der Waals surface area (Å²) < 4.78 is 5.50. The number of hydrogen-bond donors (Lipinski definition) is 0. The fourth-order valence-electron chi connectivity index (χ4n) is 2.72. The number of rotatable bonds is 3. The van der Waals surface area contributed by atoms with Crippen LogP contribution in [0, 0.1) is 5.41 Å². The minimum atomic E-state index is -1.01. The predicted molar refractivity (Wildman–Crippen MR) is 89.7 cm³/mol. The van der Waals surface area contributed by atoms with Crippen LogP contribution in [0.2, 0.25) is 0 Å². The minimum Gasteiger partial charge on any atom is -0.459 e. The van der Waals surface area contributed by atoms with Crippen molar-refractivity contribution in [3.05, 3.63) is 48.0 Å². The molecule has 1 aromatic carbocycles. The highest BCUT2D eigenvalue weighted by Crippen LogP contribution is 2.41. The van der Waals surface area contributed by atoms with Gasteiger partial charge in [-0.05, 0) is 40.2 Å². The summed E-state index contributed by atoms with van der Waals surface area (Å²) in [7, 11) is 0. The molecule has 2 rings (SSSR count). The van der Waals surface area contributed by atoms with Gasteiger partial charge in [-0.3, -0.25) is 9.59 Å². The molecule has 1 heterocycles. The van der Waals surface area contributed by atoms with Gasteiger partial charge in [0.25, 0.3) is 5.91 Å². The topological polar surface area (TPSA) is 46.6 Å². The summed E-state index contributed by atoms with van der Waals surface area (Å²) in [4.78, 5) is 26.9. The summed E-state index contributed by atoms with van der Waals surface area (Å²) in [5, 5.41) is 0. The summed E-state index contributed by atoms with van der Waals surface area (Å²) >= 11 is 0. The Balaban J connectivity index is 2.26. The number of hydrogen-bond acceptors (Lipinski definition) is 3. The number of carbonyl (C=O) groups is 2. The van der Waals surface area contributed by atoms with Gasteiger partial charge in [-0.25, -0.2) is 0 Å². The minimum absolute atomic E-state index is 0.121. The highest BCUT2D eigenvalue weighted by atomic mass is 16.6. The molecule has 1 aromatic rings. The van der Waals surface area contributed by atoms with Crippen molar-refractivity contribution in [2.24, 2.45) is 5.41 Å². The molecule has 1 amide bonds. The third-order valence-corrected chi connectivity index (χ3v) is 4.27. The predicted octanol–water partition coefficient (Wildman–Crippen LogP) is 3.49. The van der Waals surface area contributed by atoms with E-state index in [1.807, 2.05) is 58.0 Å². The molecule has 124 valence electrons. The van der Waals surface area contributed by atoms with Gasteiger partial charge < -0.3 is 9.64 Å². The van der Waals surface area contributed by atoms with Crippen LogP contribution < -0.4 is 0 Å². The third kappa shape index (κ3) is 3.31. The normalized spacial score (nSPS) is 23.1. The van der Waals surface area contributed by atoms with Gasteiger partial charge in [0.2, 0.25) is 0 Å². The lowest BCUT2D eigenvalue weighted by molar-refractivity contribution is -0.164. The molecule has 1 saturated heterocycles. The molecular weight excluding hydrogens is 290 g/mol. The van der Waals surface area contributed by atoms with Crippen molar-refractivity contribution in [1.82, 2.24) is 4.90 Å². The maximum absolute atomic E-state index is 12.6. The highest BCUT2D eigenvalue weighted by molar-refractivity contribution is 6.04. The van der Waals surface area contributed by atoms with Crippen LogP contribution in [0.25, 0.3) is 0 Å². The lowest BCUT2D eigenvalue weighted by Crippen LogP contribution is -2.39. The van der Waals surface area contributed by atoms with Crippen molar-refractivity contribution in [1.29, 1.82) is 0 Å². The first-order valence-corrected chi connectivity index (χ1v) is 7.85. The van der Waals surface area contributed by atoms with Gasteiger partial charge in [-0.2, -0.15) is 0 Å². The molecule has 2 atom stereocenters. The van der Waals surface area contributed by atoms with E-state index in [1.165, 1.54) is 0 Å². The van der Waals surface area contributed by atoms with E-state index >= 15 is 0 Å². The molecule has 0 aliphatic carbocycles. The SMILES string of the molecule is C=C1C(=O)N([C@H](C)c2ccccc2)C[C@@]1(C)C(=O)OC(C)(C)C. The molecule has 1 fully saturated rings.